The van der Waals surface area contributed by atoms with Crippen LogP contribution in [0.15, 0.2) is 33.0 Å². The third-order valence-electron chi connectivity index (χ3n) is 5.93. The van der Waals surface area contributed by atoms with Gasteiger partial charge in [0, 0.05) is 35.4 Å². The van der Waals surface area contributed by atoms with Crippen molar-refractivity contribution >= 4 is 51.1 Å². The molecule has 8 nitrogen and oxygen atoms in total. The number of ether oxygens (including phenoxy) is 1. The largest absolute Gasteiger partial charge is 0.493 e. The molecule has 0 radical (unpaired) electrons. The molecule has 10 heteroatoms. The number of aromatic nitrogens is 4. The van der Waals surface area contributed by atoms with E-state index in [9.17, 15) is 4.79 Å². The van der Waals surface area contributed by atoms with E-state index in [0.29, 0.717) is 17.3 Å². The van der Waals surface area contributed by atoms with Gasteiger partial charge in [-0.2, -0.15) is 0 Å². The lowest BCUT2D eigenvalue weighted by molar-refractivity contribution is -0.119. The number of piperidine rings is 1. The van der Waals surface area contributed by atoms with Crippen LogP contribution in [0.5, 0.6) is 5.75 Å². The second-order valence-electron chi connectivity index (χ2n) is 7.97. The molecule has 0 aliphatic carbocycles. The minimum Gasteiger partial charge on any atom is -0.493 e. The fraction of sp³-hybridized carbons (Fsp3) is 0.429. The number of carbonyl (C=O) groups is 1. The summed E-state index contributed by atoms with van der Waals surface area (Å²) in [7, 11) is 0. The Morgan fingerprint density at radius 1 is 1.35 bits per heavy atom. The number of benzene rings is 1. The Balaban J connectivity index is 1.45. The van der Waals surface area contributed by atoms with Gasteiger partial charge in [0.05, 0.1) is 6.61 Å². The number of nitrogen functional groups attached to an aromatic ring is 1. The number of hydrogen-bond acceptors (Lipinski definition) is 7. The third kappa shape index (κ3) is 4.10. The molecule has 1 saturated heterocycles. The minimum atomic E-state index is 0.381. The average Bonchev–Trinajstić information content (AvgIpc) is 3.37. The van der Waals surface area contributed by atoms with Crippen LogP contribution in [0.25, 0.3) is 11.2 Å². The number of imidazole rings is 1. The van der Waals surface area contributed by atoms with Gasteiger partial charge in [-0.1, -0.05) is 11.8 Å². The lowest BCUT2D eigenvalue weighted by atomic mass is 9.95. The summed E-state index contributed by atoms with van der Waals surface area (Å²) in [4.78, 5) is 27.5. The number of fused-ring (bicyclic) bond motifs is 2. The Morgan fingerprint density at radius 2 is 2.26 bits per heavy atom. The zero-order valence-electron chi connectivity index (χ0n) is 17.0. The van der Waals surface area contributed by atoms with E-state index in [4.69, 9.17) is 15.5 Å². The summed E-state index contributed by atoms with van der Waals surface area (Å²) in [6.07, 6.45) is 6.50. The number of amides is 1. The normalized spacial score (nSPS) is 18.2. The minimum absolute atomic E-state index is 0.381. The molecule has 5 rings (SSSR count). The predicted molar refractivity (Wildman–Crippen MR) is 122 cm³/mol. The highest BCUT2D eigenvalue weighted by atomic mass is 79.9. The van der Waals surface area contributed by atoms with E-state index in [0.717, 1.165) is 84.3 Å². The van der Waals surface area contributed by atoms with Crippen molar-refractivity contribution in [1.29, 1.82) is 0 Å². The van der Waals surface area contributed by atoms with Crippen molar-refractivity contribution in [2.24, 2.45) is 5.92 Å². The van der Waals surface area contributed by atoms with Crippen LogP contribution < -0.4 is 10.5 Å². The fourth-order valence-corrected chi connectivity index (χ4v) is 5.88. The second kappa shape index (κ2) is 8.66. The summed E-state index contributed by atoms with van der Waals surface area (Å²) >= 11 is 5.27. The molecule has 0 saturated carbocycles. The maximum Gasteiger partial charge on any atom is 0.209 e. The molecule has 2 aliphatic heterocycles. The molecule has 3 aromatic rings. The number of nitrogens with two attached hydrogens (primary N) is 1. The van der Waals surface area contributed by atoms with Crippen LogP contribution in [0.2, 0.25) is 0 Å². The molecule has 4 heterocycles. The van der Waals surface area contributed by atoms with Gasteiger partial charge in [0.15, 0.2) is 22.1 Å². The van der Waals surface area contributed by atoms with Gasteiger partial charge >= 0.3 is 0 Å². The van der Waals surface area contributed by atoms with Crippen molar-refractivity contribution in [2.45, 2.75) is 42.3 Å². The quantitative estimate of drug-likeness (QED) is 0.514. The molecule has 1 fully saturated rings. The van der Waals surface area contributed by atoms with Crippen molar-refractivity contribution in [1.82, 2.24) is 24.4 Å². The van der Waals surface area contributed by atoms with E-state index >= 15 is 0 Å². The molecule has 1 unspecified atom stereocenters. The second-order valence-corrected chi connectivity index (χ2v) is 9.83. The van der Waals surface area contributed by atoms with Crippen LogP contribution in [-0.4, -0.2) is 50.5 Å². The van der Waals surface area contributed by atoms with E-state index in [1.807, 2.05) is 4.90 Å². The van der Waals surface area contributed by atoms with Gasteiger partial charge < -0.3 is 19.9 Å². The number of nitrogens with zero attached hydrogens (tertiary/aromatic N) is 5. The van der Waals surface area contributed by atoms with Gasteiger partial charge in [0.2, 0.25) is 6.41 Å². The molecule has 2 aliphatic rings. The van der Waals surface area contributed by atoms with Crippen LogP contribution in [0, 0.1) is 5.92 Å². The van der Waals surface area contributed by atoms with E-state index in [-0.39, 0.29) is 0 Å². The number of likely N-dealkylation sites (tertiary alicyclic amines) is 1. The number of carbonyl (C=O) groups excluding carboxylic acids is 1. The number of anilines is 1. The first-order valence-corrected chi connectivity index (χ1v) is 12.0. The Morgan fingerprint density at radius 3 is 3.13 bits per heavy atom. The SMILES string of the molecule is Nc1ncnc2c1nc(Sc1cc3c(cc1Br)CCO3)n2CCC1CCCN(C=O)C1. The molecule has 2 N–H and O–H groups in total. The summed E-state index contributed by atoms with van der Waals surface area (Å²) in [5.41, 5.74) is 8.68. The van der Waals surface area contributed by atoms with Crippen molar-refractivity contribution < 1.29 is 9.53 Å². The average molecular weight is 503 g/mol. The summed E-state index contributed by atoms with van der Waals surface area (Å²) in [5.74, 6) is 1.78. The topological polar surface area (TPSA) is 99.2 Å². The zero-order valence-corrected chi connectivity index (χ0v) is 19.4. The van der Waals surface area contributed by atoms with E-state index in [1.54, 1.807) is 11.8 Å². The third-order valence-corrected chi connectivity index (χ3v) is 7.90. The molecule has 0 spiro atoms. The van der Waals surface area contributed by atoms with Crippen LogP contribution in [0.1, 0.15) is 24.8 Å². The van der Waals surface area contributed by atoms with E-state index in [2.05, 4.69) is 42.6 Å². The zero-order chi connectivity index (χ0) is 21.4. The van der Waals surface area contributed by atoms with Gasteiger partial charge in [-0.3, -0.25) is 4.79 Å². The highest BCUT2D eigenvalue weighted by molar-refractivity contribution is 9.10. The van der Waals surface area contributed by atoms with Crippen molar-refractivity contribution in [3.63, 3.8) is 0 Å². The number of aryl methyl sites for hydroxylation is 1. The van der Waals surface area contributed by atoms with Crippen LogP contribution in [0.4, 0.5) is 5.82 Å². The maximum atomic E-state index is 11.2. The Bertz CT molecular complexity index is 1140. The van der Waals surface area contributed by atoms with Crippen molar-refractivity contribution in [2.75, 3.05) is 25.4 Å². The predicted octanol–water partition coefficient (Wildman–Crippen LogP) is 3.52. The van der Waals surface area contributed by atoms with Gasteiger partial charge in [0.25, 0.3) is 0 Å². The maximum absolute atomic E-state index is 11.2. The lowest BCUT2D eigenvalue weighted by Crippen LogP contribution is -2.34. The fourth-order valence-electron chi connectivity index (χ4n) is 4.31. The lowest BCUT2D eigenvalue weighted by Gasteiger charge is -2.30. The molecule has 31 heavy (non-hydrogen) atoms. The summed E-state index contributed by atoms with van der Waals surface area (Å²) in [6, 6.07) is 4.20. The van der Waals surface area contributed by atoms with Gasteiger partial charge in [-0.15, -0.1) is 0 Å². The van der Waals surface area contributed by atoms with Gasteiger partial charge in [-0.05, 0) is 58.8 Å². The Hall–Kier alpha value is -2.33. The number of rotatable bonds is 6. The molecule has 0 bridgehead atoms. The van der Waals surface area contributed by atoms with Crippen LogP contribution in [-0.2, 0) is 17.8 Å². The molecular weight excluding hydrogens is 480 g/mol. The first-order valence-electron chi connectivity index (χ1n) is 10.4. The van der Waals surface area contributed by atoms with Crippen LogP contribution >= 0.6 is 27.7 Å². The van der Waals surface area contributed by atoms with E-state index in [1.165, 1.54) is 11.9 Å². The number of hydrogen-bond donors (Lipinski definition) is 1. The van der Waals surface area contributed by atoms with E-state index < -0.39 is 0 Å². The summed E-state index contributed by atoms with van der Waals surface area (Å²) in [5, 5.41) is 0.823. The molecule has 1 atom stereocenters. The molecule has 162 valence electrons. The Kier molecular flexibility index (Phi) is 5.75. The van der Waals surface area contributed by atoms with Crippen molar-refractivity contribution in [3.8, 4) is 5.75 Å². The van der Waals surface area contributed by atoms with Gasteiger partial charge in [0.1, 0.15) is 12.1 Å². The number of halogens is 1. The molecule has 1 amide bonds. The summed E-state index contributed by atoms with van der Waals surface area (Å²) in [6.45, 7) is 3.14. The highest BCUT2D eigenvalue weighted by Gasteiger charge is 2.22. The first-order chi connectivity index (χ1) is 15.1. The highest BCUT2D eigenvalue weighted by Crippen LogP contribution is 2.40. The molecule has 1 aromatic carbocycles. The van der Waals surface area contributed by atoms with Gasteiger partial charge in [-0.25, -0.2) is 15.0 Å². The smallest absolute Gasteiger partial charge is 0.209 e. The molecule has 2 aromatic heterocycles. The van der Waals surface area contributed by atoms with Crippen LogP contribution in [0.3, 0.4) is 0 Å². The summed E-state index contributed by atoms with van der Waals surface area (Å²) < 4.78 is 8.90. The molecular formula is C21H23BrN6O2S. The van der Waals surface area contributed by atoms with Crippen molar-refractivity contribution in [3.05, 3.63) is 28.5 Å². The monoisotopic (exact) mass is 502 g/mol. The standard InChI is InChI=1S/C21H23BrN6O2S/c22-15-8-14-4-7-30-16(14)9-17(15)31-21-26-18-19(23)24-11-25-20(18)28(21)6-3-13-2-1-5-27(10-13)12-29/h8-9,11-13H,1-7,10H2,(H2,23,24,25). The first kappa shape index (κ1) is 20.6. The Labute approximate surface area is 192 Å².